The third-order valence-corrected chi connectivity index (χ3v) is 5.70. The van der Waals surface area contributed by atoms with E-state index in [4.69, 9.17) is 0 Å². The molecule has 6 nitrogen and oxygen atoms in total. The number of aryl methyl sites for hydroxylation is 1. The number of pyridine rings is 1. The standard InChI is InChI=1S/C20H19N3O3S2/c1-13-5-7-14(8-6-13)12-16-19(25)23(20(26)28-16)11-10-21-17(24)15-4-3-9-22-18(15)27-2/h3-9,12H,10-11H2,1-2H3,(H,21,24)/b16-12-. The zero-order valence-corrected chi connectivity index (χ0v) is 17.1. The highest BCUT2D eigenvalue weighted by Gasteiger charge is 2.34. The Balaban J connectivity index is 1.60. The van der Waals surface area contributed by atoms with E-state index in [0.717, 1.165) is 27.8 Å². The van der Waals surface area contributed by atoms with Gasteiger partial charge in [0.15, 0.2) is 0 Å². The van der Waals surface area contributed by atoms with Crippen molar-refractivity contribution in [3.8, 4) is 0 Å². The van der Waals surface area contributed by atoms with E-state index in [2.05, 4.69) is 10.3 Å². The molecule has 0 atom stereocenters. The van der Waals surface area contributed by atoms with Gasteiger partial charge >= 0.3 is 0 Å². The molecule has 0 saturated carbocycles. The Labute approximate surface area is 171 Å². The first kappa shape index (κ1) is 20.2. The van der Waals surface area contributed by atoms with E-state index in [9.17, 15) is 14.4 Å². The highest BCUT2D eigenvalue weighted by Crippen LogP contribution is 2.31. The second kappa shape index (κ2) is 9.07. The van der Waals surface area contributed by atoms with Gasteiger partial charge in [-0.15, -0.1) is 11.8 Å². The van der Waals surface area contributed by atoms with Gasteiger partial charge in [-0.25, -0.2) is 4.98 Å². The summed E-state index contributed by atoms with van der Waals surface area (Å²) < 4.78 is 0. The van der Waals surface area contributed by atoms with Gasteiger partial charge in [0.05, 0.1) is 10.5 Å². The average Bonchev–Trinajstić information content (AvgIpc) is 2.96. The lowest BCUT2D eigenvalue weighted by molar-refractivity contribution is -0.122. The number of imide groups is 1. The van der Waals surface area contributed by atoms with Gasteiger partial charge < -0.3 is 5.32 Å². The van der Waals surface area contributed by atoms with E-state index in [-0.39, 0.29) is 30.1 Å². The fraction of sp³-hybridized carbons (Fsp3) is 0.200. The van der Waals surface area contributed by atoms with Crippen molar-refractivity contribution in [3.05, 3.63) is 64.2 Å². The maximum absolute atomic E-state index is 12.5. The highest BCUT2D eigenvalue weighted by molar-refractivity contribution is 8.18. The lowest BCUT2D eigenvalue weighted by atomic mass is 10.1. The SMILES string of the molecule is CSc1ncccc1C(=O)NCCN1C(=O)S/C(=C\c2ccc(C)cc2)C1=O. The van der Waals surface area contributed by atoms with E-state index in [1.54, 1.807) is 24.4 Å². The average molecular weight is 414 g/mol. The minimum atomic E-state index is -0.337. The monoisotopic (exact) mass is 413 g/mol. The summed E-state index contributed by atoms with van der Waals surface area (Å²) in [5, 5.41) is 3.05. The van der Waals surface area contributed by atoms with Crippen molar-refractivity contribution < 1.29 is 14.4 Å². The van der Waals surface area contributed by atoms with Gasteiger partial charge in [0.1, 0.15) is 5.03 Å². The number of aromatic nitrogens is 1. The van der Waals surface area contributed by atoms with Crippen molar-refractivity contribution in [3.63, 3.8) is 0 Å². The third kappa shape index (κ3) is 4.63. The van der Waals surface area contributed by atoms with Crippen LogP contribution in [0.3, 0.4) is 0 Å². The summed E-state index contributed by atoms with van der Waals surface area (Å²) in [6.45, 7) is 2.29. The van der Waals surface area contributed by atoms with Crippen LogP contribution >= 0.6 is 23.5 Å². The first-order valence-electron chi connectivity index (χ1n) is 8.59. The first-order chi connectivity index (χ1) is 13.5. The van der Waals surface area contributed by atoms with Crippen molar-refractivity contribution in [1.29, 1.82) is 0 Å². The van der Waals surface area contributed by atoms with Crippen molar-refractivity contribution in [2.24, 2.45) is 0 Å². The van der Waals surface area contributed by atoms with Gasteiger partial charge in [-0.3, -0.25) is 19.3 Å². The number of carbonyl (C=O) groups is 3. The number of hydrogen-bond acceptors (Lipinski definition) is 6. The largest absolute Gasteiger partial charge is 0.350 e. The summed E-state index contributed by atoms with van der Waals surface area (Å²) in [4.78, 5) is 42.7. The summed E-state index contributed by atoms with van der Waals surface area (Å²) >= 11 is 2.30. The van der Waals surface area contributed by atoms with Crippen LogP contribution in [0.4, 0.5) is 4.79 Å². The van der Waals surface area contributed by atoms with Gasteiger partial charge in [0, 0.05) is 19.3 Å². The predicted molar refractivity (Wildman–Crippen MR) is 112 cm³/mol. The number of amides is 3. The molecule has 0 unspecified atom stereocenters. The lowest BCUT2D eigenvalue weighted by Crippen LogP contribution is -2.37. The Hall–Kier alpha value is -2.58. The molecule has 28 heavy (non-hydrogen) atoms. The van der Waals surface area contributed by atoms with Crippen LogP contribution in [-0.2, 0) is 4.79 Å². The summed E-state index contributed by atoms with van der Waals surface area (Å²) in [5.74, 6) is -0.615. The van der Waals surface area contributed by atoms with Crippen LogP contribution in [0.1, 0.15) is 21.5 Å². The van der Waals surface area contributed by atoms with Crippen LogP contribution in [0.2, 0.25) is 0 Å². The molecule has 1 aromatic carbocycles. The molecule has 2 heterocycles. The van der Waals surface area contributed by atoms with Gasteiger partial charge in [-0.05, 0) is 48.7 Å². The molecule has 1 aliphatic rings. The summed E-state index contributed by atoms with van der Waals surface area (Å²) in [5.41, 5.74) is 2.47. The van der Waals surface area contributed by atoms with Crippen LogP contribution in [0.15, 0.2) is 52.5 Å². The molecule has 8 heteroatoms. The fourth-order valence-electron chi connectivity index (χ4n) is 2.61. The molecule has 0 bridgehead atoms. The fourth-order valence-corrected chi connectivity index (χ4v) is 4.02. The van der Waals surface area contributed by atoms with Crippen molar-refractivity contribution in [1.82, 2.24) is 15.2 Å². The maximum atomic E-state index is 12.5. The van der Waals surface area contributed by atoms with Crippen molar-refractivity contribution in [2.45, 2.75) is 11.9 Å². The number of benzene rings is 1. The second-order valence-corrected chi connectivity index (χ2v) is 7.85. The van der Waals surface area contributed by atoms with Crippen LogP contribution in [0, 0.1) is 6.92 Å². The van der Waals surface area contributed by atoms with Crippen molar-refractivity contribution in [2.75, 3.05) is 19.3 Å². The van der Waals surface area contributed by atoms with E-state index in [0.29, 0.717) is 15.5 Å². The minimum Gasteiger partial charge on any atom is -0.350 e. The van der Waals surface area contributed by atoms with Gasteiger partial charge in [0.2, 0.25) is 0 Å². The topological polar surface area (TPSA) is 79.4 Å². The van der Waals surface area contributed by atoms with E-state index < -0.39 is 0 Å². The molecule has 0 spiro atoms. The quantitative estimate of drug-likeness (QED) is 0.576. The third-order valence-electron chi connectivity index (χ3n) is 4.08. The summed E-state index contributed by atoms with van der Waals surface area (Å²) in [6.07, 6.45) is 5.19. The van der Waals surface area contributed by atoms with Crippen LogP contribution < -0.4 is 5.32 Å². The number of thioether (sulfide) groups is 2. The molecule has 1 saturated heterocycles. The Morgan fingerprint density at radius 2 is 2.00 bits per heavy atom. The Kier molecular flexibility index (Phi) is 6.53. The van der Waals surface area contributed by atoms with E-state index in [1.807, 2.05) is 37.4 Å². The normalized spacial score (nSPS) is 15.4. The second-order valence-electron chi connectivity index (χ2n) is 6.06. The molecule has 3 rings (SSSR count). The molecule has 1 aromatic heterocycles. The Bertz CT molecular complexity index is 942. The van der Waals surface area contributed by atoms with Crippen LogP contribution in [0.25, 0.3) is 6.08 Å². The molecule has 0 radical (unpaired) electrons. The molecule has 1 aliphatic heterocycles. The number of carbonyl (C=O) groups excluding carboxylic acids is 3. The molecular formula is C20H19N3O3S2. The Morgan fingerprint density at radius 1 is 1.25 bits per heavy atom. The number of rotatable bonds is 6. The van der Waals surface area contributed by atoms with Gasteiger partial charge in [-0.1, -0.05) is 29.8 Å². The van der Waals surface area contributed by atoms with Crippen molar-refractivity contribution >= 4 is 46.7 Å². The maximum Gasteiger partial charge on any atom is 0.293 e. The molecular weight excluding hydrogens is 394 g/mol. The zero-order chi connectivity index (χ0) is 20.1. The number of nitrogens with one attached hydrogen (secondary N) is 1. The van der Waals surface area contributed by atoms with Crippen LogP contribution in [-0.4, -0.2) is 46.3 Å². The molecule has 1 N–H and O–H groups in total. The van der Waals surface area contributed by atoms with E-state index in [1.165, 1.54) is 11.8 Å². The number of nitrogens with zero attached hydrogens (tertiary/aromatic N) is 2. The molecule has 0 aliphatic carbocycles. The highest BCUT2D eigenvalue weighted by atomic mass is 32.2. The molecule has 1 fully saturated rings. The zero-order valence-electron chi connectivity index (χ0n) is 15.5. The van der Waals surface area contributed by atoms with E-state index >= 15 is 0 Å². The summed E-state index contributed by atoms with van der Waals surface area (Å²) in [7, 11) is 0. The molecule has 3 amide bonds. The first-order valence-corrected chi connectivity index (χ1v) is 10.6. The van der Waals surface area contributed by atoms with Crippen LogP contribution in [0.5, 0.6) is 0 Å². The van der Waals surface area contributed by atoms with Gasteiger partial charge in [0.25, 0.3) is 17.1 Å². The molecule has 2 aromatic rings. The smallest absolute Gasteiger partial charge is 0.293 e. The lowest BCUT2D eigenvalue weighted by Gasteiger charge is -2.13. The number of hydrogen-bond donors (Lipinski definition) is 1. The molecule has 144 valence electrons. The summed E-state index contributed by atoms with van der Waals surface area (Å²) in [6, 6.07) is 11.1. The predicted octanol–water partition coefficient (Wildman–Crippen LogP) is 3.58. The minimum absolute atomic E-state index is 0.122. The Morgan fingerprint density at radius 3 is 2.71 bits per heavy atom. The van der Waals surface area contributed by atoms with Gasteiger partial charge in [-0.2, -0.15) is 0 Å².